The van der Waals surface area contributed by atoms with E-state index in [1.165, 1.54) is 30.4 Å². The number of carbonyl (C=O) groups is 2. The molecule has 1 N–H and O–H groups in total. The van der Waals surface area contributed by atoms with Crippen LogP contribution >= 0.6 is 11.3 Å². The van der Waals surface area contributed by atoms with E-state index in [9.17, 15) is 14.0 Å². The molecule has 1 heterocycles. The zero-order valence-electron chi connectivity index (χ0n) is 14.6. The summed E-state index contributed by atoms with van der Waals surface area (Å²) in [5.74, 6) is -1.28. The maximum atomic E-state index is 12.9. The summed E-state index contributed by atoms with van der Waals surface area (Å²) in [4.78, 5) is 25.1. The third-order valence-corrected chi connectivity index (χ3v) is 4.86. The number of thiophene rings is 1. The largest absolute Gasteiger partial charge is 0.448 e. The lowest BCUT2D eigenvalue weighted by molar-refractivity contribution is -0.129. The average molecular weight is 383 g/mol. The smallest absolute Gasteiger partial charge is 0.349 e. The van der Waals surface area contributed by atoms with Crippen molar-refractivity contribution in [3.63, 3.8) is 0 Å². The SMILES string of the molecule is CC(OC(=O)c1sccc1-c1ccccc1)C(=O)NCc1ccc(F)cc1. The molecule has 27 heavy (non-hydrogen) atoms. The highest BCUT2D eigenvalue weighted by atomic mass is 32.1. The molecule has 3 aromatic rings. The Morgan fingerprint density at radius 2 is 1.78 bits per heavy atom. The monoisotopic (exact) mass is 383 g/mol. The van der Waals surface area contributed by atoms with Gasteiger partial charge < -0.3 is 10.1 Å². The molecule has 0 radical (unpaired) electrons. The number of ether oxygens (including phenoxy) is 1. The molecule has 0 bridgehead atoms. The molecule has 3 rings (SSSR count). The van der Waals surface area contributed by atoms with E-state index >= 15 is 0 Å². The fourth-order valence-corrected chi connectivity index (χ4v) is 3.31. The zero-order valence-corrected chi connectivity index (χ0v) is 15.5. The second kappa shape index (κ2) is 8.60. The van der Waals surface area contributed by atoms with Crippen LogP contribution < -0.4 is 5.32 Å². The first-order valence-electron chi connectivity index (χ1n) is 8.40. The van der Waals surface area contributed by atoms with Crippen LogP contribution in [-0.2, 0) is 16.1 Å². The Bertz CT molecular complexity index is 922. The zero-order chi connectivity index (χ0) is 19.2. The molecule has 0 aliphatic heterocycles. The Balaban J connectivity index is 1.60. The van der Waals surface area contributed by atoms with Gasteiger partial charge in [0.25, 0.3) is 5.91 Å². The average Bonchev–Trinajstić information content (AvgIpc) is 3.18. The fraction of sp³-hybridized carbons (Fsp3) is 0.143. The van der Waals surface area contributed by atoms with Crippen molar-refractivity contribution in [2.24, 2.45) is 0 Å². The number of halogens is 1. The number of nitrogens with one attached hydrogen (secondary N) is 1. The van der Waals surface area contributed by atoms with Crippen LogP contribution in [0.1, 0.15) is 22.2 Å². The van der Waals surface area contributed by atoms with Crippen LogP contribution in [0.5, 0.6) is 0 Å². The summed E-state index contributed by atoms with van der Waals surface area (Å²) in [6.07, 6.45) is -0.941. The number of carbonyl (C=O) groups excluding carboxylic acids is 2. The molecule has 1 atom stereocenters. The van der Waals surface area contributed by atoms with E-state index in [4.69, 9.17) is 4.74 Å². The van der Waals surface area contributed by atoms with Gasteiger partial charge in [-0.15, -0.1) is 11.3 Å². The topological polar surface area (TPSA) is 55.4 Å². The van der Waals surface area contributed by atoms with Gasteiger partial charge in [0.1, 0.15) is 10.7 Å². The third kappa shape index (κ3) is 4.80. The standard InChI is InChI=1S/C21H18FNO3S/c1-14(20(24)23-13-15-7-9-17(22)10-8-15)26-21(25)19-18(11-12-27-19)16-5-3-2-4-6-16/h2-12,14H,13H2,1H3,(H,23,24). The molecule has 1 unspecified atom stereocenters. The molecule has 1 aromatic heterocycles. The van der Waals surface area contributed by atoms with Crippen molar-refractivity contribution >= 4 is 23.2 Å². The molecular formula is C21H18FNO3S. The van der Waals surface area contributed by atoms with E-state index in [-0.39, 0.29) is 12.4 Å². The highest BCUT2D eigenvalue weighted by Gasteiger charge is 2.22. The van der Waals surface area contributed by atoms with Gasteiger partial charge in [-0.25, -0.2) is 9.18 Å². The van der Waals surface area contributed by atoms with Crippen molar-refractivity contribution in [2.45, 2.75) is 19.6 Å². The summed E-state index contributed by atoms with van der Waals surface area (Å²) in [6.45, 7) is 1.75. The molecule has 2 aromatic carbocycles. The van der Waals surface area contributed by atoms with Crippen molar-refractivity contribution in [2.75, 3.05) is 0 Å². The number of benzene rings is 2. The minimum absolute atomic E-state index is 0.231. The Kier molecular flexibility index (Phi) is 5.98. The van der Waals surface area contributed by atoms with E-state index in [1.807, 2.05) is 41.8 Å². The highest BCUT2D eigenvalue weighted by molar-refractivity contribution is 7.12. The summed E-state index contributed by atoms with van der Waals surface area (Å²) in [7, 11) is 0. The lowest BCUT2D eigenvalue weighted by atomic mass is 10.1. The number of esters is 1. The van der Waals surface area contributed by atoms with Crippen LogP contribution in [0.3, 0.4) is 0 Å². The molecular weight excluding hydrogens is 365 g/mol. The minimum Gasteiger partial charge on any atom is -0.448 e. The third-order valence-electron chi connectivity index (χ3n) is 3.97. The molecule has 0 saturated heterocycles. The van der Waals surface area contributed by atoms with Crippen molar-refractivity contribution in [3.05, 3.63) is 82.3 Å². The predicted molar refractivity (Wildman–Crippen MR) is 103 cm³/mol. The maximum Gasteiger partial charge on any atom is 0.349 e. The maximum absolute atomic E-state index is 12.9. The molecule has 0 fully saturated rings. The van der Waals surface area contributed by atoms with Gasteiger partial charge in [0.05, 0.1) is 0 Å². The van der Waals surface area contributed by atoms with Gasteiger partial charge in [-0.1, -0.05) is 42.5 Å². The molecule has 0 aliphatic rings. The molecule has 4 nitrogen and oxygen atoms in total. The van der Waals surface area contributed by atoms with Gasteiger partial charge in [0, 0.05) is 12.1 Å². The van der Waals surface area contributed by atoms with Crippen LogP contribution in [0.4, 0.5) is 4.39 Å². The summed E-state index contributed by atoms with van der Waals surface area (Å²) < 4.78 is 18.2. The molecule has 0 saturated carbocycles. The van der Waals surface area contributed by atoms with Crippen LogP contribution in [0, 0.1) is 5.82 Å². The van der Waals surface area contributed by atoms with Crippen molar-refractivity contribution in [1.82, 2.24) is 5.32 Å². The normalized spacial score (nSPS) is 11.6. The molecule has 0 spiro atoms. The fourth-order valence-electron chi connectivity index (χ4n) is 2.52. The van der Waals surface area contributed by atoms with Gasteiger partial charge >= 0.3 is 5.97 Å². The Morgan fingerprint density at radius 3 is 2.48 bits per heavy atom. The Morgan fingerprint density at radius 1 is 1.07 bits per heavy atom. The highest BCUT2D eigenvalue weighted by Crippen LogP contribution is 2.29. The van der Waals surface area contributed by atoms with E-state index in [0.29, 0.717) is 4.88 Å². The number of hydrogen-bond acceptors (Lipinski definition) is 4. The minimum atomic E-state index is -0.941. The molecule has 6 heteroatoms. The van der Waals surface area contributed by atoms with Crippen LogP contribution in [-0.4, -0.2) is 18.0 Å². The Labute approximate surface area is 160 Å². The first-order valence-corrected chi connectivity index (χ1v) is 9.28. The summed E-state index contributed by atoms with van der Waals surface area (Å²) in [5.41, 5.74) is 2.46. The van der Waals surface area contributed by atoms with Crippen LogP contribution in [0.15, 0.2) is 66.0 Å². The van der Waals surface area contributed by atoms with Crippen molar-refractivity contribution < 1.29 is 18.7 Å². The van der Waals surface area contributed by atoms with Gasteiger partial charge in [0.15, 0.2) is 6.10 Å². The Hall–Kier alpha value is -2.99. The lowest BCUT2D eigenvalue weighted by Crippen LogP contribution is -2.35. The van der Waals surface area contributed by atoms with Gasteiger partial charge in [-0.05, 0) is 41.6 Å². The summed E-state index contributed by atoms with van der Waals surface area (Å²) in [5, 5.41) is 4.50. The van der Waals surface area contributed by atoms with E-state index in [2.05, 4.69) is 5.32 Å². The predicted octanol–water partition coefficient (Wildman–Crippen LogP) is 4.42. The number of rotatable bonds is 6. The summed E-state index contributed by atoms with van der Waals surface area (Å²) in [6, 6.07) is 17.2. The van der Waals surface area contributed by atoms with Crippen LogP contribution in [0.2, 0.25) is 0 Å². The quantitative estimate of drug-likeness (QED) is 0.641. The number of amides is 1. The van der Waals surface area contributed by atoms with Gasteiger partial charge in [-0.2, -0.15) is 0 Å². The van der Waals surface area contributed by atoms with E-state index in [1.54, 1.807) is 12.1 Å². The second-order valence-electron chi connectivity index (χ2n) is 5.92. The number of hydrogen-bond donors (Lipinski definition) is 1. The van der Waals surface area contributed by atoms with Crippen molar-refractivity contribution in [3.8, 4) is 11.1 Å². The van der Waals surface area contributed by atoms with Gasteiger partial charge in [-0.3, -0.25) is 4.79 Å². The molecule has 0 aliphatic carbocycles. The summed E-state index contributed by atoms with van der Waals surface area (Å²) >= 11 is 1.28. The van der Waals surface area contributed by atoms with Crippen LogP contribution in [0.25, 0.3) is 11.1 Å². The van der Waals surface area contributed by atoms with Crippen molar-refractivity contribution in [1.29, 1.82) is 0 Å². The first-order chi connectivity index (χ1) is 13.0. The first kappa shape index (κ1) is 18.8. The van der Waals surface area contributed by atoms with E-state index < -0.39 is 18.0 Å². The second-order valence-corrected chi connectivity index (χ2v) is 6.84. The van der Waals surface area contributed by atoms with E-state index in [0.717, 1.165) is 16.7 Å². The molecule has 138 valence electrons. The lowest BCUT2D eigenvalue weighted by Gasteiger charge is -2.14. The molecule has 1 amide bonds. The van der Waals surface area contributed by atoms with Gasteiger partial charge in [0.2, 0.25) is 0 Å².